The van der Waals surface area contributed by atoms with E-state index in [9.17, 15) is 0 Å². The molecule has 0 amide bonds. The molecule has 0 N–H and O–H groups in total. The molecule has 0 radical (unpaired) electrons. The highest BCUT2D eigenvalue weighted by Crippen LogP contribution is 2.20. The molecule has 0 aromatic heterocycles. The fourth-order valence-electron chi connectivity index (χ4n) is 2.29. The molecule has 2 heteroatoms. The van der Waals surface area contributed by atoms with Crippen LogP contribution < -0.4 is 0 Å². The predicted octanol–water partition coefficient (Wildman–Crippen LogP) is 4.04. The molecule has 92 valence electrons. The highest BCUT2D eigenvalue weighted by molar-refractivity contribution is 5.58. The van der Waals surface area contributed by atoms with Crippen LogP contribution in [0.15, 0.2) is 9.98 Å². The second-order valence-electron chi connectivity index (χ2n) is 5.36. The molecule has 2 nitrogen and oxygen atoms in total. The summed E-state index contributed by atoms with van der Waals surface area (Å²) in [5.41, 5.74) is 0.0767. The Bertz CT molecular complexity index is 235. The van der Waals surface area contributed by atoms with Crippen molar-refractivity contribution in [2.24, 2.45) is 9.98 Å². The normalized spacial score (nSPS) is 19.9. The van der Waals surface area contributed by atoms with Gasteiger partial charge in [0, 0.05) is 6.04 Å². The van der Waals surface area contributed by atoms with Gasteiger partial charge in [-0.1, -0.05) is 19.3 Å². The molecule has 1 saturated carbocycles. The monoisotopic (exact) mass is 222 g/mol. The first-order valence-electron chi connectivity index (χ1n) is 6.65. The van der Waals surface area contributed by atoms with Crippen LogP contribution >= 0.6 is 0 Å². The van der Waals surface area contributed by atoms with Gasteiger partial charge >= 0.3 is 0 Å². The van der Waals surface area contributed by atoms with Gasteiger partial charge in [-0.25, -0.2) is 0 Å². The van der Waals surface area contributed by atoms with Crippen molar-refractivity contribution in [1.82, 2.24) is 0 Å². The van der Waals surface area contributed by atoms with Crippen LogP contribution in [0.5, 0.6) is 0 Å². The second-order valence-corrected chi connectivity index (χ2v) is 5.36. The summed E-state index contributed by atoms with van der Waals surface area (Å²) in [6, 6.07) is 0.617. The summed E-state index contributed by atoms with van der Waals surface area (Å²) >= 11 is 0. The zero-order valence-corrected chi connectivity index (χ0v) is 11.1. The van der Waals surface area contributed by atoms with E-state index in [1.807, 2.05) is 13.1 Å². The van der Waals surface area contributed by atoms with Gasteiger partial charge in [-0.05, 0) is 58.9 Å². The van der Waals surface area contributed by atoms with Crippen LogP contribution in [0.2, 0.25) is 0 Å². The summed E-state index contributed by atoms with van der Waals surface area (Å²) in [6.45, 7) is 6.35. The lowest BCUT2D eigenvalue weighted by molar-refractivity contribution is 0.442. The molecule has 16 heavy (non-hydrogen) atoms. The zero-order chi connectivity index (χ0) is 11.9. The molecule has 0 heterocycles. The van der Waals surface area contributed by atoms with Crippen molar-refractivity contribution < 1.29 is 0 Å². The quantitative estimate of drug-likeness (QED) is 0.627. The fraction of sp³-hybridized carbons (Fsp3) is 0.857. The Morgan fingerprint density at radius 1 is 1.19 bits per heavy atom. The molecule has 0 saturated heterocycles. The summed E-state index contributed by atoms with van der Waals surface area (Å²) in [4.78, 5) is 9.12. The van der Waals surface area contributed by atoms with Gasteiger partial charge in [0.2, 0.25) is 0 Å². The van der Waals surface area contributed by atoms with Crippen molar-refractivity contribution in [3.8, 4) is 0 Å². The third-order valence-corrected chi connectivity index (χ3v) is 3.25. The van der Waals surface area contributed by atoms with Crippen LogP contribution in [-0.2, 0) is 0 Å². The predicted molar refractivity (Wildman–Crippen MR) is 72.8 cm³/mol. The fourth-order valence-corrected chi connectivity index (χ4v) is 2.29. The average molecular weight is 222 g/mol. The van der Waals surface area contributed by atoms with Crippen LogP contribution in [-0.4, -0.2) is 24.0 Å². The molecule has 1 aliphatic rings. The maximum atomic E-state index is 4.67. The molecule has 1 fully saturated rings. The number of hydrogen-bond acceptors (Lipinski definition) is 2. The lowest BCUT2D eigenvalue weighted by Crippen LogP contribution is -2.16. The van der Waals surface area contributed by atoms with Gasteiger partial charge in [-0.15, -0.1) is 0 Å². The van der Waals surface area contributed by atoms with Crippen molar-refractivity contribution in [3.05, 3.63) is 0 Å². The van der Waals surface area contributed by atoms with E-state index >= 15 is 0 Å². The van der Waals surface area contributed by atoms with Crippen LogP contribution in [0.1, 0.15) is 65.7 Å². The molecule has 0 aromatic carbocycles. The van der Waals surface area contributed by atoms with E-state index in [0.29, 0.717) is 6.04 Å². The van der Waals surface area contributed by atoms with E-state index in [2.05, 4.69) is 30.0 Å². The SMILES string of the molecule is CC=NC(C)(C)CCC=NC1CCCCC1. The summed E-state index contributed by atoms with van der Waals surface area (Å²) in [6.07, 6.45) is 12.9. The van der Waals surface area contributed by atoms with Gasteiger partial charge < -0.3 is 0 Å². The number of nitrogens with zero attached hydrogens (tertiary/aromatic N) is 2. The Morgan fingerprint density at radius 2 is 1.88 bits per heavy atom. The highest BCUT2D eigenvalue weighted by atomic mass is 14.8. The maximum absolute atomic E-state index is 4.67. The van der Waals surface area contributed by atoms with E-state index < -0.39 is 0 Å². The molecular formula is C14H26N2. The Labute approximate surface area is 100 Å². The first-order chi connectivity index (χ1) is 7.64. The minimum absolute atomic E-state index is 0.0767. The Balaban J connectivity index is 2.21. The molecule has 0 aliphatic heterocycles. The number of aliphatic imine (C=N–C) groups is 2. The Hall–Kier alpha value is -0.660. The molecule has 0 aromatic rings. The van der Waals surface area contributed by atoms with Crippen molar-refractivity contribution >= 4 is 12.4 Å². The van der Waals surface area contributed by atoms with E-state index in [0.717, 1.165) is 12.8 Å². The third kappa shape index (κ3) is 5.43. The van der Waals surface area contributed by atoms with Crippen LogP contribution in [0.3, 0.4) is 0 Å². The van der Waals surface area contributed by atoms with Crippen molar-refractivity contribution in [2.45, 2.75) is 77.3 Å². The van der Waals surface area contributed by atoms with Crippen LogP contribution in [0.4, 0.5) is 0 Å². The lowest BCUT2D eigenvalue weighted by Gasteiger charge is -2.19. The topological polar surface area (TPSA) is 24.7 Å². The summed E-state index contributed by atoms with van der Waals surface area (Å²) in [7, 11) is 0. The van der Waals surface area contributed by atoms with Gasteiger partial charge in [-0.2, -0.15) is 0 Å². The van der Waals surface area contributed by atoms with E-state index in [1.54, 1.807) is 0 Å². The minimum atomic E-state index is 0.0767. The van der Waals surface area contributed by atoms with Gasteiger partial charge in [0.05, 0.1) is 5.54 Å². The lowest BCUT2D eigenvalue weighted by atomic mass is 9.96. The minimum Gasteiger partial charge on any atom is -0.294 e. The number of rotatable bonds is 5. The summed E-state index contributed by atoms with van der Waals surface area (Å²) < 4.78 is 0. The van der Waals surface area contributed by atoms with Gasteiger partial charge in [-0.3, -0.25) is 9.98 Å². The van der Waals surface area contributed by atoms with Crippen molar-refractivity contribution in [2.75, 3.05) is 0 Å². The number of hydrogen-bond donors (Lipinski definition) is 0. The molecular weight excluding hydrogens is 196 g/mol. The summed E-state index contributed by atoms with van der Waals surface area (Å²) in [5.74, 6) is 0. The van der Waals surface area contributed by atoms with Crippen molar-refractivity contribution in [3.63, 3.8) is 0 Å². The summed E-state index contributed by atoms with van der Waals surface area (Å²) in [5, 5.41) is 0. The van der Waals surface area contributed by atoms with E-state index in [1.165, 1.54) is 32.1 Å². The van der Waals surface area contributed by atoms with Crippen LogP contribution in [0, 0.1) is 0 Å². The first-order valence-corrected chi connectivity index (χ1v) is 6.65. The maximum Gasteiger partial charge on any atom is 0.0551 e. The molecule has 1 aliphatic carbocycles. The molecule has 0 unspecified atom stereocenters. The Kier molecular flexibility index (Phi) is 5.72. The van der Waals surface area contributed by atoms with E-state index in [4.69, 9.17) is 0 Å². The Morgan fingerprint density at radius 3 is 2.50 bits per heavy atom. The molecule has 0 atom stereocenters. The molecule has 0 bridgehead atoms. The zero-order valence-electron chi connectivity index (χ0n) is 11.1. The van der Waals surface area contributed by atoms with Gasteiger partial charge in [0.1, 0.15) is 0 Å². The van der Waals surface area contributed by atoms with Crippen LogP contribution in [0.25, 0.3) is 0 Å². The second kappa shape index (κ2) is 6.82. The van der Waals surface area contributed by atoms with Gasteiger partial charge in [0.25, 0.3) is 0 Å². The third-order valence-electron chi connectivity index (χ3n) is 3.25. The van der Waals surface area contributed by atoms with Gasteiger partial charge in [0.15, 0.2) is 0 Å². The first kappa shape index (κ1) is 13.4. The highest BCUT2D eigenvalue weighted by Gasteiger charge is 2.14. The van der Waals surface area contributed by atoms with E-state index in [-0.39, 0.29) is 5.54 Å². The molecule has 0 spiro atoms. The molecule has 1 rings (SSSR count). The van der Waals surface area contributed by atoms with Crippen molar-refractivity contribution in [1.29, 1.82) is 0 Å². The largest absolute Gasteiger partial charge is 0.294 e. The standard InChI is InChI=1S/C14H26N2/c1-4-16-14(2,3)11-8-12-15-13-9-6-5-7-10-13/h4,12-13H,5-11H2,1-3H3. The smallest absolute Gasteiger partial charge is 0.0551 e. The average Bonchev–Trinajstić information content (AvgIpc) is 2.26.